The molecule has 122 valence electrons. The summed E-state index contributed by atoms with van der Waals surface area (Å²) < 4.78 is 10.9. The number of carbonyl (C=O) groups excluding carboxylic acids is 1. The molecule has 0 spiro atoms. The van der Waals surface area contributed by atoms with Gasteiger partial charge in [-0.15, -0.1) is 0 Å². The quantitative estimate of drug-likeness (QED) is 0.781. The first-order valence-corrected chi connectivity index (χ1v) is 8.14. The molecule has 0 bridgehead atoms. The number of esters is 1. The fourth-order valence-corrected chi connectivity index (χ4v) is 3.67. The molecule has 1 heterocycles. The smallest absolute Gasteiger partial charge is 0.326 e. The second-order valence-electron chi connectivity index (χ2n) is 6.98. The fraction of sp³-hybridized carbons (Fsp3) is 0.938. The van der Waals surface area contributed by atoms with Crippen LogP contribution in [0, 0.1) is 0 Å². The average Bonchev–Trinajstić information content (AvgIpc) is 2.89. The summed E-state index contributed by atoms with van der Waals surface area (Å²) in [6.45, 7) is 9.91. The number of nitrogens with one attached hydrogen (secondary N) is 1. The van der Waals surface area contributed by atoms with Crippen molar-refractivity contribution in [3.8, 4) is 0 Å². The summed E-state index contributed by atoms with van der Waals surface area (Å²) in [5, 5.41) is 3.45. The zero-order valence-electron chi connectivity index (χ0n) is 13.9. The highest BCUT2D eigenvalue weighted by molar-refractivity contribution is 5.81. The highest BCUT2D eigenvalue weighted by atomic mass is 16.5. The average molecular weight is 298 g/mol. The van der Waals surface area contributed by atoms with Gasteiger partial charge in [0.1, 0.15) is 5.54 Å². The number of hydrogen-bond donors (Lipinski definition) is 1. The SMILES string of the molecule is CCCNC1(C(=O)OC)CCC(N2CCOC(C)(C)C2)C1. The van der Waals surface area contributed by atoms with Gasteiger partial charge in [0.15, 0.2) is 0 Å². The van der Waals surface area contributed by atoms with Gasteiger partial charge in [-0.25, -0.2) is 0 Å². The van der Waals surface area contributed by atoms with Gasteiger partial charge in [-0.1, -0.05) is 6.92 Å². The number of methoxy groups -OCH3 is 1. The molecule has 1 saturated carbocycles. The maximum absolute atomic E-state index is 12.3. The predicted molar refractivity (Wildman–Crippen MR) is 82.3 cm³/mol. The van der Waals surface area contributed by atoms with Crippen molar-refractivity contribution < 1.29 is 14.3 Å². The molecule has 0 aromatic carbocycles. The van der Waals surface area contributed by atoms with Crippen LogP contribution in [0.1, 0.15) is 46.5 Å². The van der Waals surface area contributed by atoms with E-state index in [4.69, 9.17) is 9.47 Å². The fourth-order valence-electron chi connectivity index (χ4n) is 3.67. The van der Waals surface area contributed by atoms with Crippen LogP contribution in [0.2, 0.25) is 0 Å². The van der Waals surface area contributed by atoms with Gasteiger partial charge in [0.05, 0.1) is 19.3 Å². The van der Waals surface area contributed by atoms with E-state index in [1.807, 2.05) is 0 Å². The Morgan fingerprint density at radius 3 is 2.86 bits per heavy atom. The largest absolute Gasteiger partial charge is 0.468 e. The van der Waals surface area contributed by atoms with E-state index in [9.17, 15) is 4.79 Å². The summed E-state index contributed by atoms with van der Waals surface area (Å²) in [6.07, 6.45) is 3.77. The Bertz CT molecular complexity index is 373. The lowest BCUT2D eigenvalue weighted by Gasteiger charge is -2.41. The molecule has 2 atom stereocenters. The molecule has 1 aliphatic heterocycles. The molecule has 1 N–H and O–H groups in total. The first-order chi connectivity index (χ1) is 9.92. The molecule has 2 fully saturated rings. The minimum atomic E-state index is -0.488. The van der Waals surface area contributed by atoms with Crippen molar-refractivity contribution in [1.29, 1.82) is 0 Å². The minimum absolute atomic E-state index is 0.0917. The van der Waals surface area contributed by atoms with Crippen molar-refractivity contribution >= 4 is 5.97 Å². The molecule has 1 aliphatic carbocycles. The molecule has 0 amide bonds. The van der Waals surface area contributed by atoms with Gasteiger partial charge in [-0.3, -0.25) is 9.69 Å². The highest BCUT2D eigenvalue weighted by Crippen LogP contribution is 2.35. The van der Waals surface area contributed by atoms with Gasteiger partial charge >= 0.3 is 5.97 Å². The van der Waals surface area contributed by atoms with Crippen LogP contribution in [0.5, 0.6) is 0 Å². The molecule has 5 nitrogen and oxygen atoms in total. The summed E-state index contributed by atoms with van der Waals surface area (Å²) in [6, 6.07) is 0.441. The lowest BCUT2D eigenvalue weighted by atomic mass is 9.96. The molecule has 0 radical (unpaired) electrons. The summed E-state index contributed by atoms with van der Waals surface area (Å²) in [5.41, 5.74) is -0.580. The normalized spacial score (nSPS) is 33.0. The summed E-state index contributed by atoms with van der Waals surface area (Å²) >= 11 is 0. The Labute approximate surface area is 128 Å². The third kappa shape index (κ3) is 3.76. The van der Waals surface area contributed by atoms with E-state index < -0.39 is 5.54 Å². The zero-order chi connectivity index (χ0) is 15.5. The Kier molecular flexibility index (Phi) is 5.28. The second-order valence-corrected chi connectivity index (χ2v) is 6.98. The molecule has 21 heavy (non-hydrogen) atoms. The molecular weight excluding hydrogens is 268 g/mol. The molecule has 0 aromatic heterocycles. The van der Waals surface area contributed by atoms with Crippen molar-refractivity contribution in [1.82, 2.24) is 10.2 Å². The molecule has 1 saturated heterocycles. The number of morpholine rings is 1. The van der Waals surface area contributed by atoms with E-state index in [0.29, 0.717) is 6.04 Å². The van der Waals surface area contributed by atoms with Crippen molar-refractivity contribution in [2.75, 3.05) is 33.4 Å². The van der Waals surface area contributed by atoms with Gasteiger partial charge < -0.3 is 14.8 Å². The summed E-state index contributed by atoms with van der Waals surface area (Å²) in [5.74, 6) is -0.106. The van der Waals surface area contributed by atoms with Crippen LogP contribution in [0.15, 0.2) is 0 Å². The standard InChI is InChI=1S/C16H30N2O3/c1-5-8-17-16(14(19)20-4)7-6-13(11-16)18-9-10-21-15(2,3)12-18/h13,17H,5-12H2,1-4H3. The van der Waals surface area contributed by atoms with E-state index in [-0.39, 0.29) is 11.6 Å². The number of ether oxygens (including phenoxy) is 2. The Morgan fingerprint density at radius 2 is 2.24 bits per heavy atom. The lowest BCUT2D eigenvalue weighted by molar-refractivity contribution is -0.148. The minimum Gasteiger partial charge on any atom is -0.468 e. The molecule has 2 rings (SSSR count). The maximum atomic E-state index is 12.3. The van der Waals surface area contributed by atoms with E-state index >= 15 is 0 Å². The molecule has 0 aromatic rings. The van der Waals surface area contributed by atoms with Gasteiger partial charge in [-0.05, 0) is 46.1 Å². The van der Waals surface area contributed by atoms with E-state index in [1.165, 1.54) is 7.11 Å². The van der Waals surface area contributed by atoms with E-state index in [1.54, 1.807) is 0 Å². The van der Waals surface area contributed by atoms with Crippen LogP contribution in [-0.2, 0) is 14.3 Å². The van der Waals surface area contributed by atoms with Crippen molar-refractivity contribution in [2.45, 2.75) is 63.6 Å². The Hall–Kier alpha value is -0.650. The van der Waals surface area contributed by atoms with Crippen LogP contribution in [0.4, 0.5) is 0 Å². The van der Waals surface area contributed by atoms with Gasteiger partial charge in [0.25, 0.3) is 0 Å². The zero-order valence-corrected chi connectivity index (χ0v) is 13.9. The van der Waals surface area contributed by atoms with Crippen LogP contribution >= 0.6 is 0 Å². The number of nitrogens with zero attached hydrogens (tertiary/aromatic N) is 1. The predicted octanol–water partition coefficient (Wildman–Crippen LogP) is 1.56. The number of hydrogen-bond acceptors (Lipinski definition) is 5. The van der Waals surface area contributed by atoms with Crippen LogP contribution < -0.4 is 5.32 Å². The molecule has 2 aliphatic rings. The van der Waals surface area contributed by atoms with Crippen molar-refractivity contribution in [3.05, 3.63) is 0 Å². The number of rotatable bonds is 5. The summed E-state index contributed by atoms with van der Waals surface area (Å²) in [7, 11) is 1.49. The molecular formula is C16H30N2O3. The monoisotopic (exact) mass is 298 g/mol. The van der Waals surface area contributed by atoms with Gasteiger partial charge in [0.2, 0.25) is 0 Å². The highest BCUT2D eigenvalue weighted by Gasteiger charge is 2.48. The van der Waals surface area contributed by atoms with Crippen LogP contribution in [-0.4, -0.2) is 61.4 Å². The van der Waals surface area contributed by atoms with Crippen LogP contribution in [0.3, 0.4) is 0 Å². The topological polar surface area (TPSA) is 50.8 Å². The molecule has 5 heteroatoms. The third-order valence-electron chi connectivity index (χ3n) is 4.75. The number of carbonyl (C=O) groups is 1. The van der Waals surface area contributed by atoms with Crippen molar-refractivity contribution in [2.24, 2.45) is 0 Å². The first kappa shape index (κ1) is 16.7. The van der Waals surface area contributed by atoms with Gasteiger partial charge in [0, 0.05) is 19.1 Å². The maximum Gasteiger partial charge on any atom is 0.326 e. The first-order valence-electron chi connectivity index (χ1n) is 8.14. The molecule has 2 unspecified atom stereocenters. The Morgan fingerprint density at radius 1 is 1.48 bits per heavy atom. The van der Waals surface area contributed by atoms with E-state index in [2.05, 4.69) is 31.0 Å². The van der Waals surface area contributed by atoms with E-state index in [0.717, 1.165) is 51.9 Å². The second kappa shape index (κ2) is 6.63. The summed E-state index contributed by atoms with van der Waals surface area (Å²) in [4.78, 5) is 14.8. The van der Waals surface area contributed by atoms with Gasteiger partial charge in [-0.2, -0.15) is 0 Å². The third-order valence-corrected chi connectivity index (χ3v) is 4.75. The van der Waals surface area contributed by atoms with Crippen LogP contribution in [0.25, 0.3) is 0 Å². The van der Waals surface area contributed by atoms with Crippen molar-refractivity contribution in [3.63, 3.8) is 0 Å². The lowest BCUT2D eigenvalue weighted by Crippen LogP contribution is -2.55. The Balaban J connectivity index is 2.03.